The highest BCUT2D eigenvalue weighted by atomic mass is 79.9. The lowest BCUT2D eigenvalue weighted by atomic mass is 10.1. The molecule has 0 aliphatic rings. The summed E-state index contributed by atoms with van der Waals surface area (Å²) < 4.78 is 8.07. The predicted molar refractivity (Wildman–Crippen MR) is 99.6 cm³/mol. The van der Waals surface area contributed by atoms with Gasteiger partial charge < -0.3 is 10.1 Å². The number of halogens is 3. The van der Waals surface area contributed by atoms with Crippen molar-refractivity contribution in [3.05, 3.63) is 54.9 Å². The molecule has 0 aliphatic heterocycles. The molecule has 0 fully saturated rings. The van der Waals surface area contributed by atoms with Crippen LogP contribution in [0.5, 0.6) is 5.75 Å². The average Bonchev–Trinajstić information content (AvgIpc) is 2.42. The van der Waals surface area contributed by atoms with Crippen LogP contribution in [-0.4, -0.2) is 12.5 Å². The van der Waals surface area contributed by atoms with Crippen LogP contribution in [0, 0.1) is 13.8 Å². The van der Waals surface area contributed by atoms with Gasteiger partial charge in [0.1, 0.15) is 5.75 Å². The molecule has 22 heavy (non-hydrogen) atoms. The minimum Gasteiger partial charge on any atom is -0.481 e. The molecule has 2 rings (SSSR count). The van der Waals surface area contributed by atoms with E-state index in [1.165, 1.54) is 0 Å². The zero-order valence-electron chi connectivity index (χ0n) is 12.0. The smallest absolute Gasteiger partial charge is 0.262 e. The van der Waals surface area contributed by atoms with Gasteiger partial charge in [-0.25, -0.2) is 0 Å². The van der Waals surface area contributed by atoms with Gasteiger partial charge in [-0.2, -0.15) is 0 Å². The summed E-state index contributed by atoms with van der Waals surface area (Å²) >= 11 is 10.2. The first-order valence-corrected chi connectivity index (χ1v) is 8.90. The van der Waals surface area contributed by atoms with Crippen LogP contribution in [0.3, 0.4) is 0 Å². The van der Waals surface area contributed by atoms with E-state index in [2.05, 4.69) is 53.1 Å². The van der Waals surface area contributed by atoms with E-state index in [1.807, 2.05) is 44.2 Å². The fourth-order valence-corrected chi connectivity index (χ4v) is 4.48. The van der Waals surface area contributed by atoms with Crippen molar-refractivity contribution >= 4 is 59.4 Å². The predicted octanol–water partition coefficient (Wildman–Crippen LogP) is 5.61. The van der Waals surface area contributed by atoms with E-state index < -0.39 is 0 Å². The molecular formula is C16H14Br3NO2. The lowest BCUT2D eigenvalue weighted by Gasteiger charge is -2.13. The first kappa shape index (κ1) is 17.5. The van der Waals surface area contributed by atoms with Crippen LogP contribution in [0.2, 0.25) is 0 Å². The Kier molecular flexibility index (Phi) is 6.06. The monoisotopic (exact) mass is 489 g/mol. The Bertz CT molecular complexity index is 673. The third-order valence-corrected chi connectivity index (χ3v) is 4.69. The number of anilines is 1. The van der Waals surface area contributed by atoms with Gasteiger partial charge in [-0.15, -0.1) is 0 Å². The van der Waals surface area contributed by atoms with Crippen LogP contribution in [0.4, 0.5) is 5.69 Å². The van der Waals surface area contributed by atoms with Crippen molar-refractivity contribution < 1.29 is 9.53 Å². The zero-order chi connectivity index (χ0) is 16.3. The standard InChI is InChI=1S/C16H14Br3NO2/c1-9-4-3-5-10(2)15(9)20-14(21)8-22-16-12(18)6-11(17)7-13(16)19/h3-7H,8H2,1-2H3,(H,20,21). The second-order valence-corrected chi connectivity index (χ2v) is 7.43. The third-order valence-electron chi connectivity index (χ3n) is 3.06. The summed E-state index contributed by atoms with van der Waals surface area (Å²) in [7, 11) is 0. The third kappa shape index (κ3) is 4.33. The molecule has 0 saturated carbocycles. The number of carbonyl (C=O) groups is 1. The molecule has 0 aromatic heterocycles. The molecule has 0 heterocycles. The molecule has 1 amide bonds. The molecular weight excluding hydrogens is 478 g/mol. The highest BCUT2D eigenvalue weighted by molar-refractivity contribution is 9.11. The Morgan fingerprint density at radius 2 is 1.64 bits per heavy atom. The van der Waals surface area contributed by atoms with Crippen molar-refractivity contribution in [2.45, 2.75) is 13.8 Å². The highest BCUT2D eigenvalue weighted by Gasteiger charge is 2.12. The Morgan fingerprint density at radius 3 is 2.18 bits per heavy atom. The van der Waals surface area contributed by atoms with Crippen molar-refractivity contribution in [1.29, 1.82) is 0 Å². The molecule has 1 N–H and O–H groups in total. The SMILES string of the molecule is Cc1cccc(C)c1NC(=O)COc1c(Br)cc(Br)cc1Br. The fraction of sp³-hybridized carbons (Fsp3) is 0.188. The normalized spacial score (nSPS) is 10.4. The summed E-state index contributed by atoms with van der Waals surface area (Å²) in [6, 6.07) is 9.62. The summed E-state index contributed by atoms with van der Waals surface area (Å²) in [6.45, 7) is 3.86. The largest absolute Gasteiger partial charge is 0.481 e. The number of para-hydroxylation sites is 1. The van der Waals surface area contributed by atoms with E-state index in [0.717, 1.165) is 30.2 Å². The van der Waals surface area contributed by atoms with E-state index in [4.69, 9.17) is 4.74 Å². The molecule has 0 unspecified atom stereocenters. The topological polar surface area (TPSA) is 38.3 Å². The fourth-order valence-electron chi connectivity index (χ4n) is 1.99. The molecule has 0 aliphatic carbocycles. The summed E-state index contributed by atoms with van der Waals surface area (Å²) in [5, 5.41) is 2.90. The maximum absolute atomic E-state index is 12.1. The van der Waals surface area contributed by atoms with Crippen LogP contribution < -0.4 is 10.1 Å². The van der Waals surface area contributed by atoms with Crippen molar-refractivity contribution in [3.8, 4) is 5.75 Å². The summed E-state index contributed by atoms with van der Waals surface area (Å²) in [5.41, 5.74) is 2.89. The molecule has 0 bridgehead atoms. The summed E-state index contributed by atoms with van der Waals surface area (Å²) in [6.07, 6.45) is 0. The minimum absolute atomic E-state index is 0.0629. The molecule has 0 atom stereocenters. The second kappa shape index (κ2) is 7.62. The maximum atomic E-state index is 12.1. The van der Waals surface area contributed by atoms with E-state index in [-0.39, 0.29) is 12.5 Å². The molecule has 3 nitrogen and oxygen atoms in total. The van der Waals surface area contributed by atoms with Gasteiger partial charge in [0.05, 0.1) is 8.95 Å². The van der Waals surface area contributed by atoms with E-state index in [9.17, 15) is 4.79 Å². The molecule has 0 spiro atoms. The molecule has 0 radical (unpaired) electrons. The number of aryl methyl sites for hydroxylation is 2. The van der Waals surface area contributed by atoms with Crippen molar-refractivity contribution in [3.63, 3.8) is 0 Å². The lowest BCUT2D eigenvalue weighted by molar-refractivity contribution is -0.118. The van der Waals surface area contributed by atoms with Gasteiger partial charge in [0.2, 0.25) is 0 Å². The van der Waals surface area contributed by atoms with Gasteiger partial charge >= 0.3 is 0 Å². The average molecular weight is 492 g/mol. The first-order valence-electron chi connectivity index (χ1n) is 6.52. The summed E-state index contributed by atoms with van der Waals surface area (Å²) in [5.74, 6) is 0.402. The van der Waals surface area contributed by atoms with Crippen LogP contribution in [-0.2, 0) is 4.79 Å². The van der Waals surface area contributed by atoms with Crippen molar-refractivity contribution in [1.82, 2.24) is 0 Å². The molecule has 2 aromatic rings. The number of nitrogens with one attached hydrogen (secondary N) is 1. The number of benzene rings is 2. The van der Waals surface area contributed by atoms with Gasteiger partial charge in [-0.1, -0.05) is 34.1 Å². The van der Waals surface area contributed by atoms with Crippen molar-refractivity contribution in [2.75, 3.05) is 11.9 Å². The molecule has 116 valence electrons. The van der Waals surface area contributed by atoms with Crippen LogP contribution in [0.25, 0.3) is 0 Å². The Hall–Kier alpha value is -0.850. The van der Waals surface area contributed by atoms with Gasteiger partial charge in [0, 0.05) is 10.2 Å². The summed E-state index contributed by atoms with van der Waals surface area (Å²) in [4.78, 5) is 12.1. The lowest BCUT2D eigenvalue weighted by Crippen LogP contribution is -2.21. The first-order chi connectivity index (χ1) is 10.4. The quantitative estimate of drug-likeness (QED) is 0.604. The Morgan fingerprint density at radius 1 is 1.09 bits per heavy atom. The van der Waals surface area contributed by atoms with Gasteiger partial charge in [-0.3, -0.25) is 4.79 Å². The van der Waals surface area contributed by atoms with Gasteiger partial charge in [0.25, 0.3) is 5.91 Å². The Balaban J connectivity index is 2.05. The van der Waals surface area contributed by atoms with E-state index >= 15 is 0 Å². The Labute approximate surface area is 154 Å². The van der Waals surface area contributed by atoms with Crippen LogP contribution in [0.1, 0.15) is 11.1 Å². The van der Waals surface area contributed by atoms with E-state index in [0.29, 0.717) is 5.75 Å². The number of rotatable bonds is 4. The highest BCUT2D eigenvalue weighted by Crippen LogP contribution is 2.36. The van der Waals surface area contributed by atoms with Gasteiger partial charge in [-0.05, 0) is 69.0 Å². The zero-order valence-corrected chi connectivity index (χ0v) is 16.8. The van der Waals surface area contributed by atoms with Crippen molar-refractivity contribution in [2.24, 2.45) is 0 Å². The van der Waals surface area contributed by atoms with Crippen LogP contribution in [0.15, 0.2) is 43.7 Å². The number of carbonyl (C=O) groups excluding carboxylic acids is 1. The van der Waals surface area contributed by atoms with E-state index in [1.54, 1.807) is 0 Å². The number of amides is 1. The molecule has 0 saturated heterocycles. The number of ether oxygens (including phenoxy) is 1. The molecule has 2 aromatic carbocycles. The number of hydrogen-bond acceptors (Lipinski definition) is 2. The minimum atomic E-state index is -0.195. The van der Waals surface area contributed by atoms with Crippen LogP contribution >= 0.6 is 47.8 Å². The second-order valence-electron chi connectivity index (χ2n) is 4.80. The number of hydrogen-bond donors (Lipinski definition) is 1. The van der Waals surface area contributed by atoms with Gasteiger partial charge in [0.15, 0.2) is 6.61 Å². The maximum Gasteiger partial charge on any atom is 0.262 e. The molecule has 6 heteroatoms.